The molecule has 0 bridgehead atoms. The number of carbonyl (C=O) groups is 2. The number of benzene rings is 1. The van der Waals surface area contributed by atoms with Gasteiger partial charge in [-0.3, -0.25) is 4.79 Å². The van der Waals surface area contributed by atoms with Gasteiger partial charge in [0.2, 0.25) is 10.0 Å². The second kappa shape index (κ2) is 10.3. The van der Waals surface area contributed by atoms with Gasteiger partial charge >= 0.3 is 6.09 Å². The van der Waals surface area contributed by atoms with Gasteiger partial charge in [-0.25, -0.2) is 13.2 Å². The largest absolute Gasteiger partial charge is 0.495 e. The lowest BCUT2D eigenvalue weighted by atomic mass is 10.1. The maximum absolute atomic E-state index is 13.3. The first-order chi connectivity index (χ1) is 14.9. The number of methoxy groups -OCH3 is 1. The summed E-state index contributed by atoms with van der Waals surface area (Å²) in [6, 6.07) is 4.53. The zero-order chi connectivity index (χ0) is 22.4. The molecule has 0 atom stereocenters. The van der Waals surface area contributed by atoms with E-state index in [2.05, 4.69) is 0 Å². The Bertz CT molecular complexity index is 888. The van der Waals surface area contributed by atoms with Crippen LogP contribution in [-0.2, 0) is 14.8 Å². The van der Waals surface area contributed by atoms with Crippen molar-refractivity contribution in [3.05, 3.63) is 23.8 Å². The molecule has 2 amide bonds. The van der Waals surface area contributed by atoms with Crippen LogP contribution in [0, 0.1) is 0 Å². The van der Waals surface area contributed by atoms with E-state index >= 15 is 0 Å². The summed E-state index contributed by atoms with van der Waals surface area (Å²) in [6.45, 7) is 4.46. The predicted molar refractivity (Wildman–Crippen MR) is 115 cm³/mol. The Morgan fingerprint density at radius 3 is 2.13 bits per heavy atom. The number of amides is 2. The summed E-state index contributed by atoms with van der Waals surface area (Å²) in [5, 5.41) is 0. The van der Waals surface area contributed by atoms with Gasteiger partial charge in [-0.2, -0.15) is 4.31 Å². The predicted octanol–water partition coefficient (Wildman–Crippen LogP) is 2.17. The fraction of sp³-hybridized carbons (Fsp3) is 0.619. The van der Waals surface area contributed by atoms with Crippen LogP contribution in [0.4, 0.5) is 4.79 Å². The molecule has 2 aliphatic heterocycles. The van der Waals surface area contributed by atoms with Crippen molar-refractivity contribution in [2.45, 2.75) is 37.5 Å². The normalized spacial score (nSPS) is 18.4. The number of rotatable bonds is 5. The number of carbonyl (C=O) groups excluding carboxylic acids is 2. The summed E-state index contributed by atoms with van der Waals surface area (Å²) in [7, 11) is -2.35. The number of hydrogen-bond donors (Lipinski definition) is 0. The summed E-state index contributed by atoms with van der Waals surface area (Å²) in [4.78, 5) is 28.1. The highest BCUT2D eigenvalue weighted by molar-refractivity contribution is 7.89. The van der Waals surface area contributed by atoms with E-state index in [0.29, 0.717) is 51.4 Å². The summed E-state index contributed by atoms with van der Waals surface area (Å²) >= 11 is 0. The van der Waals surface area contributed by atoms with Gasteiger partial charge in [0.25, 0.3) is 5.91 Å². The highest BCUT2D eigenvalue weighted by atomic mass is 32.2. The summed E-state index contributed by atoms with van der Waals surface area (Å²) < 4.78 is 38.4. The van der Waals surface area contributed by atoms with Gasteiger partial charge < -0.3 is 19.3 Å². The number of piperazine rings is 1. The van der Waals surface area contributed by atoms with Crippen molar-refractivity contribution in [2.24, 2.45) is 0 Å². The average molecular weight is 454 g/mol. The molecular formula is C21H31N3O6S. The van der Waals surface area contributed by atoms with Crippen LogP contribution in [0.3, 0.4) is 0 Å². The lowest BCUT2D eigenvalue weighted by Crippen LogP contribution is -2.50. The molecule has 0 N–H and O–H groups in total. The van der Waals surface area contributed by atoms with Crippen LogP contribution in [0.1, 0.15) is 43.0 Å². The SMILES string of the molecule is CCOC(=O)N1CCN(C(=O)c2ccc(OC)c(S(=O)(=O)N3CCCCCC3)c2)CC1. The number of sulfonamides is 1. The summed E-state index contributed by atoms with van der Waals surface area (Å²) in [5.41, 5.74) is 0.291. The Labute approximate surface area is 183 Å². The first-order valence-corrected chi connectivity index (χ1v) is 12.2. The monoisotopic (exact) mass is 453 g/mol. The van der Waals surface area contributed by atoms with Crippen LogP contribution in [0.2, 0.25) is 0 Å². The molecule has 9 nitrogen and oxygen atoms in total. The summed E-state index contributed by atoms with van der Waals surface area (Å²) in [6.07, 6.45) is 3.29. The molecular weight excluding hydrogens is 422 g/mol. The van der Waals surface area contributed by atoms with Crippen molar-refractivity contribution in [1.29, 1.82) is 0 Å². The molecule has 2 saturated heterocycles. The Kier molecular flexibility index (Phi) is 7.77. The zero-order valence-electron chi connectivity index (χ0n) is 18.2. The van der Waals surface area contributed by atoms with Crippen LogP contribution in [0.15, 0.2) is 23.1 Å². The molecule has 0 radical (unpaired) electrons. The van der Waals surface area contributed by atoms with Crippen molar-refractivity contribution >= 4 is 22.0 Å². The first kappa shape index (κ1) is 23.3. The van der Waals surface area contributed by atoms with Gasteiger partial charge in [0.1, 0.15) is 10.6 Å². The second-order valence-electron chi connectivity index (χ2n) is 7.66. The maximum atomic E-state index is 13.3. The third kappa shape index (κ3) is 5.30. The van der Waals surface area contributed by atoms with E-state index in [-0.39, 0.29) is 22.6 Å². The van der Waals surface area contributed by atoms with Gasteiger partial charge in [-0.05, 0) is 38.0 Å². The number of hydrogen-bond acceptors (Lipinski definition) is 6. The highest BCUT2D eigenvalue weighted by Crippen LogP contribution is 2.30. The van der Waals surface area contributed by atoms with Crippen LogP contribution >= 0.6 is 0 Å². The van der Waals surface area contributed by atoms with Crippen LogP contribution in [0.5, 0.6) is 5.75 Å². The molecule has 2 fully saturated rings. The van der Waals surface area contributed by atoms with E-state index in [9.17, 15) is 18.0 Å². The van der Waals surface area contributed by atoms with Crippen LogP contribution < -0.4 is 4.74 Å². The molecule has 0 aromatic heterocycles. The molecule has 1 aromatic rings. The van der Waals surface area contributed by atoms with Crippen molar-refractivity contribution in [3.63, 3.8) is 0 Å². The molecule has 2 heterocycles. The Morgan fingerprint density at radius 1 is 0.935 bits per heavy atom. The number of ether oxygens (including phenoxy) is 2. The lowest BCUT2D eigenvalue weighted by Gasteiger charge is -2.34. The fourth-order valence-electron chi connectivity index (χ4n) is 3.92. The van der Waals surface area contributed by atoms with Gasteiger partial charge in [-0.15, -0.1) is 0 Å². The first-order valence-electron chi connectivity index (χ1n) is 10.8. The van der Waals surface area contributed by atoms with E-state index < -0.39 is 10.0 Å². The van der Waals surface area contributed by atoms with Crippen molar-refractivity contribution in [1.82, 2.24) is 14.1 Å². The van der Waals surface area contributed by atoms with E-state index in [1.807, 2.05) is 0 Å². The minimum absolute atomic E-state index is 0.0212. The third-order valence-electron chi connectivity index (χ3n) is 5.69. The molecule has 0 spiro atoms. The molecule has 0 aliphatic carbocycles. The molecule has 10 heteroatoms. The van der Waals surface area contributed by atoms with E-state index in [1.165, 1.54) is 23.5 Å². The van der Waals surface area contributed by atoms with E-state index in [0.717, 1.165) is 25.7 Å². The van der Waals surface area contributed by atoms with Gasteiger partial charge in [0.15, 0.2) is 0 Å². The lowest BCUT2D eigenvalue weighted by molar-refractivity contribution is 0.0570. The van der Waals surface area contributed by atoms with Gasteiger partial charge in [0.05, 0.1) is 13.7 Å². The van der Waals surface area contributed by atoms with Crippen LogP contribution in [0.25, 0.3) is 0 Å². The van der Waals surface area contributed by atoms with E-state index in [1.54, 1.807) is 22.8 Å². The molecule has 1 aromatic carbocycles. The van der Waals surface area contributed by atoms with Crippen molar-refractivity contribution in [2.75, 3.05) is 53.0 Å². The third-order valence-corrected chi connectivity index (χ3v) is 7.61. The van der Waals surface area contributed by atoms with E-state index in [4.69, 9.17) is 9.47 Å². The van der Waals surface area contributed by atoms with Crippen LogP contribution in [-0.4, -0.2) is 87.5 Å². The van der Waals surface area contributed by atoms with Gasteiger partial charge in [0, 0.05) is 44.8 Å². The van der Waals surface area contributed by atoms with Crippen molar-refractivity contribution in [3.8, 4) is 5.75 Å². The zero-order valence-corrected chi connectivity index (χ0v) is 19.0. The minimum atomic E-state index is -3.77. The molecule has 3 rings (SSSR count). The standard InChI is InChI=1S/C21H31N3O6S/c1-3-30-21(26)23-14-12-22(13-15-23)20(25)17-8-9-18(29-2)19(16-17)31(27,28)24-10-6-4-5-7-11-24/h8-9,16H,3-7,10-15H2,1-2H3. The second-order valence-corrected chi connectivity index (χ2v) is 9.57. The van der Waals surface area contributed by atoms with Crippen molar-refractivity contribution < 1.29 is 27.5 Å². The molecule has 0 unspecified atom stereocenters. The molecule has 0 saturated carbocycles. The summed E-state index contributed by atoms with van der Waals surface area (Å²) in [5.74, 6) is -0.0357. The Hall–Kier alpha value is -2.33. The molecule has 172 valence electrons. The quantitative estimate of drug-likeness (QED) is 0.678. The molecule has 31 heavy (non-hydrogen) atoms. The van der Waals surface area contributed by atoms with Gasteiger partial charge in [-0.1, -0.05) is 12.8 Å². The maximum Gasteiger partial charge on any atom is 0.409 e. The smallest absolute Gasteiger partial charge is 0.409 e. The minimum Gasteiger partial charge on any atom is -0.495 e. The Morgan fingerprint density at radius 2 is 1.55 bits per heavy atom. The number of nitrogens with zero attached hydrogens (tertiary/aromatic N) is 3. The highest BCUT2D eigenvalue weighted by Gasteiger charge is 2.31. The Balaban J connectivity index is 1.79. The molecule has 2 aliphatic rings. The topological polar surface area (TPSA) is 96.5 Å². The fourth-order valence-corrected chi connectivity index (χ4v) is 5.62. The average Bonchev–Trinajstić information content (AvgIpc) is 3.09.